The van der Waals surface area contributed by atoms with Crippen molar-refractivity contribution in [3.63, 3.8) is 0 Å². The number of carboxylic acid groups (broad SMARTS) is 1. The summed E-state index contributed by atoms with van der Waals surface area (Å²) < 4.78 is 1.93. The maximum atomic E-state index is 10.6. The minimum absolute atomic E-state index is 0.135. The highest BCUT2D eigenvalue weighted by molar-refractivity contribution is 5.69. The molecule has 1 aliphatic rings. The van der Waals surface area contributed by atoms with Crippen LogP contribution in [0.3, 0.4) is 0 Å². The number of carboxylic acids is 1. The maximum absolute atomic E-state index is 10.6. The standard InChI is InChI=1S/C12H21N5O2/c1-10(2)17-11(13-9-14-17)7-15-3-5-16(6-4-15)8-12(18)19/h9-10H,3-8H2,1-2H3,(H,18,19). The van der Waals surface area contributed by atoms with Gasteiger partial charge in [-0.25, -0.2) is 9.67 Å². The lowest BCUT2D eigenvalue weighted by molar-refractivity contribution is -0.138. The maximum Gasteiger partial charge on any atom is 0.317 e. The van der Waals surface area contributed by atoms with E-state index in [2.05, 4.69) is 28.8 Å². The first-order valence-electron chi connectivity index (χ1n) is 6.61. The number of hydrogen-bond donors (Lipinski definition) is 1. The number of carbonyl (C=O) groups is 1. The van der Waals surface area contributed by atoms with E-state index in [0.29, 0.717) is 6.04 Å². The molecule has 7 heteroatoms. The van der Waals surface area contributed by atoms with Crippen LogP contribution in [0.1, 0.15) is 25.7 Å². The molecule has 1 aliphatic heterocycles. The predicted octanol–water partition coefficient (Wildman–Crippen LogP) is 0.0612. The van der Waals surface area contributed by atoms with Gasteiger partial charge in [0.25, 0.3) is 0 Å². The zero-order valence-electron chi connectivity index (χ0n) is 11.5. The first kappa shape index (κ1) is 14.0. The second kappa shape index (κ2) is 6.12. The van der Waals surface area contributed by atoms with Gasteiger partial charge in [0.05, 0.1) is 13.1 Å². The highest BCUT2D eigenvalue weighted by atomic mass is 16.4. The Morgan fingerprint density at radius 1 is 1.32 bits per heavy atom. The van der Waals surface area contributed by atoms with Crippen molar-refractivity contribution in [2.75, 3.05) is 32.7 Å². The fraction of sp³-hybridized carbons (Fsp3) is 0.750. The van der Waals surface area contributed by atoms with Crippen molar-refractivity contribution in [3.8, 4) is 0 Å². The third kappa shape index (κ3) is 3.74. The van der Waals surface area contributed by atoms with Gasteiger partial charge in [0.1, 0.15) is 12.2 Å². The Hall–Kier alpha value is -1.47. The van der Waals surface area contributed by atoms with Crippen molar-refractivity contribution in [1.29, 1.82) is 0 Å². The van der Waals surface area contributed by atoms with Crippen LogP contribution < -0.4 is 0 Å². The summed E-state index contributed by atoms with van der Waals surface area (Å²) in [4.78, 5) is 19.2. The molecule has 0 radical (unpaired) electrons. The SMILES string of the molecule is CC(C)n1ncnc1CN1CCN(CC(=O)O)CC1. The minimum atomic E-state index is -0.756. The molecule has 0 spiro atoms. The molecule has 1 aromatic rings. The van der Waals surface area contributed by atoms with E-state index in [1.807, 2.05) is 9.58 Å². The van der Waals surface area contributed by atoms with Gasteiger partial charge >= 0.3 is 5.97 Å². The van der Waals surface area contributed by atoms with Gasteiger partial charge in [-0.2, -0.15) is 5.10 Å². The molecule has 19 heavy (non-hydrogen) atoms. The van der Waals surface area contributed by atoms with E-state index in [1.54, 1.807) is 6.33 Å². The highest BCUT2D eigenvalue weighted by Gasteiger charge is 2.20. The largest absolute Gasteiger partial charge is 0.480 e. The Morgan fingerprint density at radius 3 is 2.53 bits per heavy atom. The number of hydrogen-bond acceptors (Lipinski definition) is 5. The fourth-order valence-corrected chi connectivity index (χ4v) is 2.32. The second-order valence-electron chi connectivity index (χ2n) is 5.16. The van der Waals surface area contributed by atoms with Gasteiger partial charge in [0, 0.05) is 32.2 Å². The second-order valence-corrected chi connectivity index (χ2v) is 5.16. The highest BCUT2D eigenvalue weighted by Crippen LogP contribution is 2.10. The molecule has 0 bridgehead atoms. The van der Waals surface area contributed by atoms with Gasteiger partial charge < -0.3 is 5.11 Å². The van der Waals surface area contributed by atoms with E-state index in [9.17, 15) is 4.79 Å². The van der Waals surface area contributed by atoms with E-state index < -0.39 is 5.97 Å². The summed E-state index contributed by atoms with van der Waals surface area (Å²) in [5, 5.41) is 13.0. The van der Waals surface area contributed by atoms with Gasteiger partial charge in [-0.15, -0.1) is 0 Å². The third-order valence-electron chi connectivity index (χ3n) is 3.33. The zero-order chi connectivity index (χ0) is 13.8. The van der Waals surface area contributed by atoms with Crippen LogP contribution in [0.5, 0.6) is 0 Å². The molecule has 1 fully saturated rings. The molecule has 1 saturated heterocycles. The molecule has 0 amide bonds. The van der Waals surface area contributed by atoms with Crippen LogP contribution in [-0.4, -0.2) is 68.4 Å². The molecule has 0 saturated carbocycles. The van der Waals surface area contributed by atoms with Gasteiger partial charge in [-0.3, -0.25) is 14.6 Å². The lowest BCUT2D eigenvalue weighted by Gasteiger charge is -2.33. The number of rotatable bonds is 5. The lowest BCUT2D eigenvalue weighted by atomic mass is 10.3. The average Bonchev–Trinajstić information content (AvgIpc) is 2.79. The Balaban J connectivity index is 1.85. The van der Waals surface area contributed by atoms with Crippen LogP contribution in [-0.2, 0) is 11.3 Å². The minimum Gasteiger partial charge on any atom is -0.480 e. The van der Waals surface area contributed by atoms with E-state index in [-0.39, 0.29) is 6.54 Å². The Kier molecular flexibility index (Phi) is 4.49. The van der Waals surface area contributed by atoms with Gasteiger partial charge in [-0.1, -0.05) is 0 Å². The van der Waals surface area contributed by atoms with Crippen molar-refractivity contribution in [2.24, 2.45) is 0 Å². The van der Waals surface area contributed by atoms with Crippen molar-refractivity contribution >= 4 is 5.97 Å². The average molecular weight is 267 g/mol. The topological polar surface area (TPSA) is 74.5 Å². The van der Waals surface area contributed by atoms with Crippen LogP contribution in [0.4, 0.5) is 0 Å². The molecule has 2 heterocycles. The molecule has 2 rings (SSSR count). The van der Waals surface area contributed by atoms with Crippen molar-refractivity contribution in [3.05, 3.63) is 12.2 Å². The number of piperazine rings is 1. The summed E-state index contributed by atoms with van der Waals surface area (Å²) in [5.74, 6) is 0.217. The number of aromatic nitrogens is 3. The Bertz CT molecular complexity index is 424. The molecule has 1 N–H and O–H groups in total. The van der Waals surface area contributed by atoms with E-state index >= 15 is 0 Å². The van der Waals surface area contributed by atoms with Crippen LogP contribution in [0.25, 0.3) is 0 Å². The molecule has 0 aromatic carbocycles. The van der Waals surface area contributed by atoms with Crippen molar-refractivity contribution in [2.45, 2.75) is 26.4 Å². The normalized spacial score (nSPS) is 18.1. The van der Waals surface area contributed by atoms with Gasteiger partial charge in [0.2, 0.25) is 0 Å². The molecule has 0 unspecified atom stereocenters. The third-order valence-corrected chi connectivity index (χ3v) is 3.33. The summed E-state index contributed by atoms with van der Waals surface area (Å²) in [5.41, 5.74) is 0. The zero-order valence-corrected chi connectivity index (χ0v) is 11.5. The summed E-state index contributed by atoms with van der Waals surface area (Å²) in [6.07, 6.45) is 1.59. The van der Waals surface area contributed by atoms with Gasteiger partial charge in [0.15, 0.2) is 0 Å². The van der Waals surface area contributed by atoms with Crippen molar-refractivity contribution in [1.82, 2.24) is 24.6 Å². The van der Waals surface area contributed by atoms with Crippen LogP contribution >= 0.6 is 0 Å². The molecule has 1 aromatic heterocycles. The quantitative estimate of drug-likeness (QED) is 0.813. The summed E-state index contributed by atoms with van der Waals surface area (Å²) in [6, 6.07) is 0.311. The summed E-state index contributed by atoms with van der Waals surface area (Å²) >= 11 is 0. The number of aliphatic carboxylic acids is 1. The first-order chi connectivity index (χ1) is 9.06. The summed E-state index contributed by atoms with van der Waals surface area (Å²) in [6.45, 7) is 8.42. The molecular formula is C12H21N5O2. The molecule has 106 valence electrons. The molecule has 0 aliphatic carbocycles. The first-order valence-corrected chi connectivity index (χ1v) is 6.61. The summed E-state index contributed by atoms with van der Waals surface area (Å²) in [7, 11) is 0. The van der Waals surface area contributed by atoms with Gasteiger partial charge in [-0.05, 0) is 13.8 Å². The predicted molar refractivity (Wildman–Crippen MR) is 69.8 cm³/mol. The van der Waals surface area contributed by atoms with E-state index in [1.165, 1.54) is 0 Å². The van der Waals surface area contributed by atoms with Crippen LogP contribution in [0.2, 0.25) is 0 Å². The fourth-order valence-electron chi connectivity index (χ4n) is 2.32. The van der Waals surface area contributed by atoms with E-state index in [4.69, 9.17) is 5.11 Å². The van der Waals surface area contributed by atoms with Crippen LogP contribution in [0, 0.1) is 0 Å². The monoisotopic (exact) mass is 267 g/mol. The van der Waals surface area contributed by atoms with Crippen molar-refractivity contribution < 1.29 is 9.90 Å². The lowest BCUT2D eigenvalue weighted by Crippen LogP contribution is -2.47. The number of nitrogens with zero attached hydrogens (tertiary/aromatic N) is 5. The molecular weight excluding hydrogens is 246 g/mol. The Labute approximate surface area is 112 Å². The smallest absolute Gasteiger partial charge is 0.317 e. The van der Waals surface area contributed by atoms with E-state index in [0.717, 1.165) is 38.5 Å². The Morgan fingerprint density at radius 2 is 1.95 bits per heavy atom. The molecule has 0 atom stereocenters. The van der Waals surface area contributed by atoms with Crippen LogP contribution in [0.15, 0.2) is 6.33 Å². The molecule has 7 nitrogen and oxygen atoms in total.